The summed E-state index contributed by atoms with van der Waals surface area (Å²) in [5.74, 6) is -2.47. The van der Waals surface area contributed by atoms with Crippen molar-refractivity contribution in [3.63, 3.8) is 0 Å². The third-order valence-corrected chi connectivity index (χ3v) is 6.07. The van der Waals surface area contributed by atoms with Gasteiger partial charge in [0.2, 0.25) is 0 Å². The van der Waals surface area contributed by atoms with E-state index in [1.165, 1.54) is 31.0 Å². The summed E-state index contributed by atoms with van der Waals surface area (Å²) in [6, 6.07) is 6.14. The highest BCUT2D eigenvalue weighted by atomic mass is 19.1. The van der Waals surface area contributed by atoms with E-state index in [2.05, 4.69) is 15.5 Å². The van der Waals surface area contributed by atoms with Crippen LogP contribution >= 0.6 is 0 Å². The van der Waals surface area contributed by atoms with Gasteiger partial charge in [0, 0.05) is 49.5 Å². The fourth-order valence-electron chi connectivity index (χ4n) is 4.06. The fourth-order valence-corrected chi connectivity index (χ4v) is 4.06. The number of hydrogen-bond acceptors (Lipinski definition) is 4. The molecule has 2 aliphatic rings. The number of likely N-dealkylation sites (tertiary alicyclic amines) is 1. The van der Waals surface area contributed by atoms with Gasteiger partial charge in [0.25, 0.3) is 11.5 Å². The molecule has 0 spiro atoms. The number of aromatic amines is 1. The van der Waals surface area contributed by atoms with Gasteiger partial charge in [0.15, 0.2) is 0 Å². The predicted molar refractivity (Wildman–Crippen MR) is 112 cm³/mol. The summed E-state index contributed by atoms with van der Waals surface area (Å²) in [7, 11) is 0. The van der Waals surface area contributed by atoms with E-state index in [-0.39, 0.29) is 22.9 Å². The Balaban J connectivity index is 1.37. The minimum Gasteiger partial charge on any atom is -0.338 e. The molecule has 9 heteroatoms. The molecule has 1 saturated heterocycles. The maximum Gasteiger partial charge on any atom is 0.272 e. The molecule has 32 heavy (non-hydrogen) atoms. The number of H-pyrrole nitrogens is 1. The van der Waals surface area contributed by atoms with E-state index >= 15 is 0 Å². The highest BCUT2D eigenvalue weighted by Crippen LogP contribution is 2.26. The topological polar surface area (TPSA) is 78.1 Å². The van der Waals surface area contributed by atoms with Crippen LogP contribution in [0.5, 0.6) is 0 Å². The van der Waals surface area contributed by atoms with Gasteiger partial charge in [-0.2, -0.15) is 5.10 Å². The SMILES string of the molecule is O=C(c1cc(Cc2n[nH]c(=O)c3cc(F)ccc23)c(F)cc1F)N1CC(CNC2CC2)C1. The van der Waals surface area contributed by atoms with Crippen molar-refractivity contribution in [1.82, 2.24) is 20.4 Å². The molecule has 0 radical (unpaired) electrons. The molecule has 5 rings (SSSR count). The van der Waals surface area contributed by atoms with Crippen LogP contribution in [0.3, 0.4) is 0 Å². The third kappa shape index (κ3) is 4.00. The van der Waals surface area contributed by atoms with Gasteiger partial charge in [-0.25, -0.2) is 18.3 Å². The number of nitrogens with zero attached hydrogens (tertiary/aromatic N) is 2. The monoisotopic (exact) mass is 442 g/mol. The summed E-state index contributed by atoms with van der Waals surface area (Å²) in [6.45, 7) is 1.89. The summed E-state index contributed by atoms with van der Waals surface area (Å²) < 4.78 is 42.5. The van der Waals surface area contributed by atoms with Crippen molar-refractivity contribution in [1.29, 1.82) is 0 Å². The summed E-state index contributed by atoms with van der Waals surface area (Å²) in [4.78, 5) is 26.3. The van der Waals surface area contributed by atoms with Crippen LogP contribution in [-0.2, 0) is 6.42 Å². The lowest BCUT2D eigenvalue weighted by molar-refractivity contribution is 0.0495. The number of rotatable bonds is 6. The van der Waals surface area contributed by atoms with Gasteiger partial charge in [-0.05, 0) is 42.7 Å². The molecule has 1 aliphatic heterocycles. The number of benzene rings is 2. The lowest BCUT2D eigenvalue weighted by Crippen LogP contribution is -2.53. The summed E-state index contributed by atoms with van der Waals surface area (Å²) >= 11 is 0. The Bertz CT molecular complexity index is 1270. The maximum absolute atomic E-state index is 14.5. The molecular weight excluding hydrogens is 421 g/mol. The van der Waals surface area contributed by atoms with Gasteiger partial charge in [0.05, 0.1) is 16.6 Å². The molecule has 1 amide bonds. The molecule has 2 heterocycles. The zero-order valence-electron chi connectivity index (χ0n) is 17.1. The van der Waals surface area contributed by atoms with E-state index in [4.69, 9.17) is 0 Å². The molecule has 2 fully saturated rings. The molecule has 0 atom stereocenters. The zero-order chi connectivity index (χ0) is 22.4. The summed E-state index contributed by atoms with van der Waals surface area (Å²) in [5, 5.41) is 10.1. The second-order valence-electron chi connectivity index (χ2n) is 8.55. The molecule has 0 unspecified atom stereocenters. The van der Waals surface area contributed by atoms with Gasteiger partial charge in [-0.1, -0.05) is 0 Å². The molecular formula is C23H21F3N4O2. The van der Waals surface area contributed by atoms with Crippen LogP contribution in [0, 0.1) is 23.4 Å². The average molecular weight is 442 g/mol. The van der Waals surface area contributed by atoms with Gasteiger partial charge in [-0.15, -0.1) is 0 Å². The Labute approximate surface area is 181 Å². The van der Waals surface area contributed by atoms with Crippen molar-refractivity contribution in [2.75, 3.05) is 19.6 Å². The zero-order valence-corrected chi connectivity index (χ0v) is 17.1. The lowest BCUT2D eigenvalue weighted by Gasteiger charge is -2.39. The quantitative estimate of drug-likeness (QED) is 0.616. The number of halogens is 3. The Morgan fingerprint density at radius 2 is 1.88 bits per heavy atom. The van der Waals surface area contributed by atoms with Crippen molar-refractivity contribution >= 4 is 16.7 Å². The van der Waals surface area contributed by atoms with Crippen LogP contribution in [0.4, 0.5) is 13.2 Å². The van der Waals surface area contributed by atoms with Crippen LogP contribution in [0.1, 0.15) is 34.5 Å². The first-order chi connectivity index (χ1) is 15.4. The highest BCUT2D eigenvalue weighted by molar-refractivity contribution is 5.95. The van der Waals surface area contributed by atoms with Crippen LogP contribution in [0.25, 0.3) is 10.8 Å². The Morgan fingerprint density at radius 1 is 1.09 bits per heavy atom. The van der Waals surface area contributed by atoms with E-state index < -0.39 is 28.9 Å². The third-order valence-electron chi connectivity index (χ3n) is 6.07. The number of carbonyl (C=O) groups is 1. The van der Waals surface area contributed by atoms with Gasteiger partial charge >= 0.3 is 0 Å². The predicted octanol–water partition coefficient (Wildman–Crippen LogP) is 2.76. The molecule has 2 N–H and O–H groups in total. The van der Waals surface area contributed by atoms with Crippen molar-refractivity contribution in [2.24, 2.45) is 5.92 Å². The number of fused-ring (bicyclic) bond motifs is 1. The van der Waals surface area contributed by atoms with Gasteiger partial charge in [-0.3, -0.25) is 9.59 Å². The molecule has 1 aliphatic carbocycles. The molecule has 6 nitrogen and oxygen atoms in total. The van der Waals surface area contributed by atoms with Crippen LogP contribution in [0.2, 0.25) is 0 Å². The minimum absolute atomic E-state index is 0.0624. The molecule has 2 aromatic carbocycles. The smallest absolute Gasteiger partial charge is 0.272 e. The van der Waals surface area contributed by atoms with E-state index in [1.54, 1.807) is 4.90 Å². The summed E-state index contributed by atoms with van der Waals surface area (Å²) in [5.41, 5.74) is -0.414. The largest absolute Gasteiger partial charge is 0.338 e. The molecule has 3 aromatic rings. The van der Waals surface area contributed by atoms with E-state index in [0.717, 1.165) is 12.6 Å². The highest BCUT2D eigenvalue weighted by Gasteiger charge is 2.34. The lowest BCUT2D eigenvalue weighted by atomic mass is 9.97. The van der Waals surface area contributed by atoms with Crippen molar-refractivity contribution < 1.29 is 18.0 Å². The number of nitrogens with one attached hydrogen (secondary N) is 2. The standard InChI is InChI=1S/C23H21F3N4O2/c24-14-1-4-16-17(7-14)22(31)29-28-21(16)6-13-5-18(20(26)8-19(13)25)23(32)30-10-12(11-30)9-27-15-2-3-15/h1,4-5,7-8,12,15,27H,2-3,6,9-11H2,(H,29,31). The van der Waals surface area contributed by atoms with Crippen LogP contribution < -0.4 is 10.9 Å². The van der Waals surface area contributed by atoms with E-state index in [1.807, 2.05) is 0 Å². The minimum atomic E-state index is -0.919. The Kier molecular flexibility index (Phi) is 5.21. The van der Waals surface area contributed by atoms with E-state index in [9.17, 15) is 22.8 Å². The van der Waals surface area contributed by atoms with Crippen LogP contribution in [-0.4, -0.2) is 46.7 Å². The first-order valence-corrected chi connectivity index (χ1v) is 10.6. The normalized spacial score (nSPS) is 16.4. The number of aromatic nitrogens is 2. The van der Waals surface area contributed by atoms with Crippen molar-refractivity contribution in [2.45, 2.75) is 25.3 Å². The van der Waals surface area contributed by atoms with E-state index in [0.29, 0.717) is 42.2 Å². The second kappa shape index (κ2) is 8.05. The first kappa shape index (κ1) is 20.7. The molecule has 166 valence electrons. The number of carbonyl (C=O) groups excluding carboxylic acids is 1. The maximum atomic E-state index is 14.5. The fraction of sp³-hybridized carbons (Fsp3) is 0.348. The first-order valence-electron chi connectivity index (χ1n) is 10.6. The van der Waals surface area contributed by atoms with Gasteiger partial charge < -0.3 is 10.2 Å². The van der Waals surface area contributed by atoms with Gasteiger partial charge in [0.1, 0.15) is 17.5 Å². The number of amides is 1. The average Bonchev–Trinajstić information content (AvgIpc) is 3.55. The Morgan fingerprint density at radius 3 is 2.62 bits per heavy atom. The molecule has 1 aromatic heterocycles. The Hall–Kier alpha value is -3.20. The molecule has 0 bridgehead atoms. The van der Waals surface area contributed by atoms with Crippen LogP contribution in [0.15, 0.2) is 35.1 Å². The van der Waals surface area contributed by atoms with Crippen molar-refractivity contribution in [3.8, 4) is 0 Å². The number of hydrogen-bond donors (Lipinski definition) is 2. The second-order valence-corrected chi connectivity index (χ2v) is 8.55. The molecule has 1 saturated carbocycles. The summed E-state index contributed by atoms with van der Waals surface area (Å²) in [6.07, 6.45) is 2.28. The van der Waals surface area contributed by atoms with Crippen molar-refractivity contribution in [3.05, 3.63) is 75.0 Å².